The van der Waals surface area contributed by atoms with Gasteiger partial charge in [-0.2, -0.15) is 0 Å². The van der Waals surface area contributed by atoms with Crippen LogP contribution in [0.4, 0.5) is 4.79 Å². The smallest absolute Gasteiger partial charge is 0.410 e. The average Bonchev–Trinajstić information content (AvgIpc) is 3.54. The van der Waals surface area contributed by atoms with Crippen LogP contribution < -0.4 is 0 Å². The molecule has 2 saturated heterocycles. The maximum atomic E-state index is 13.5. The second-order valence-corrected chi connectivity index (χ2v) is 15.8. The summed E-state index contributed by atoms with van der Waals surface area (Å²) in [6.45, 7) is 2.75. The molecule has 8 atom stereocenters. The SMILES string of the molecule is CCCCCCCCCCCCCC[C@@H](O)[C@H]1OC(=O)N(Cc2ccccc2)C1CC[C@H]1OC(CO)[C@H](O)[C@@H](OCc2ccccc2)C1OCc1ccccc1. The fourth-order valence-corrected chi connectivity index (χ4v) is 8.20. The minimum atomic E-state index is -1.13. The molecule has 3 unspecified atom stereocenters. The number of aliphatic hydroxyl groups excluding tert-OH is 3. The van der Waals surface area contributed by atoms with Gasteiger partial charge in [0, 0.05) is 6.54 Å². The number of carbonyl (C=O) groups excluding carboxylic acids is 1. The summed E-state index contributed by atoms with van der Waals surface area (Å²) in [6.07, 6.45) is 10.3. The van der Waals surface area contributed by atoms with Crippen molar-refractivity contribution in [3.8, 4) is 0 Å². The number of ether oxygens (including phenoxy) is 4. The lowest BCUT2D eigenvalue weighted by atomic mass is 9.89. The quantitative estimate of drug-likeness (QED) is 0.0693. The highest BCUT2D eigenvalue weighted by molar-refractivity contribution is 5.71. The van der Waals surface area contributed by atoms with Crippen LogP contribution in [-0.2, 0) is 38.7 Å². The summed E-state index contributed by atoms with van der Waals surface area (Å²) in [5.41, 5.74) is 2.89. The molecule has 2 aliphatic heterocycles. The normalized spacial score (nSPS) is 24.3. The maximum absolute atomic E-state index is 13.5. The molecule has 0 bridgehead atoms. The monoisotopic (exact) mass is 773 g/mol. The first-order valence-corrected chi connectivity index (χ1v) is 21.4. The van der Waals surface area contributed by atoms with Gasteiger partial charge in [-0.15, -0.1) is 0 Å². The number of nitrogens with zero attached hydrogens (tertiary/aromatic N) is 1. The van der Waals surface area contributed by atoms with Crippen molar-refractivity contribution in [1.82, 2.24) is 4.90 Å². The van der Waals surface area contributed by atoms with Crippen LogP contribution in [0.25, 0.3) is 0 Å². The fourth-order valence-electron chi connectivity index (χ4n) is 8.20. The molecule has 2 aliphatic rings. The number of hydrogen-bond donors (Lipinski definition) is 3. The van der Waals surface area contributed by atoms with Crippen molar-refractivity contribution in [2.75, 3.05) is 6.61 Å². The Kier molecular flexibility index (Phi) is 19.1. The zero-order valence-electron chi connectivity index (χ0n) is 33.5. The van der Waals surface area contributed by atoms with Gasteiger partial charge in [0.05, 0.1) is 38.1 Å². The minimum absolute atomic E-state index is 0.252. The zero-order valence-corrected chi connectivity index (χ0v) is 33.5. The third kappa shape index (κ3) is 13.7. The van der Waals surface area contributed by atoms with Crippen molar-refractivity contribution in [3.05, 3.63) is 108 Å². The van der Waals surface area contributed by atoms with Crippen LogP contribution >= 0.6 is 0 Å². The number of unbranched alkanes of at least 4 members (excludes halogenated alkanes) is 11. The van der Waals surface area contributed by atoms with Gasteiger partial charge in [-0.3, -0.25) is 4.90 Å². The highest BCUT2D eigenvalue weighted by Gasteiger charge is 2.49. The first kappa shape index (κ1) is 43.8. The number of carbonyl (C=O) groups is 1. The molecule has 0 radical (unpaired) electrons. The van der Waals surface area contributed by atoms with E-state index in [1.54, 1.807) is 4.90 Å². The number of cyclic esters (lactones) is 1. The van der Waals surface area contributed by atoms with E-state index in [1.807, 2.05) is 91.0 Å². The molecule has 0 aliphatic carbocycles. The molecule has 308 valence electrons. The van der Waals surface area contributed by atoms with E-state index >= 15 is 0 Å². The Labute approximate surface area is 335 Å². The van der Waals surface area contributed by atoms with Crippen LogP contribution in [0.15, 0.2) is 91.0 Å². The van der Waals surface area contributed by atoms with E-state index in [4.69, 9.17) is 18.9 Å². The van der Waals surface area contributed by atoms with E-state index in [0.717, 1.165) is 36.0 Å². The van der Waals surface area contributed by atoms with E-state index in [9.17, 15) is 20.1 Å². The van der Waals surface area contributed by atoms with Gasteiger partial charge in [-0.1, -0.05) is 175 Å². The van der Waals surface area contributed by atoms with Crippen molar-refractivity contribution in [1.29, 1.82) is 0 Å². The zero-order chi connectivity index (χ0) is 39.4. The molecule has 2 fully saturated rings. The molecule has 1 amide bonds. The highest BCUT2D eigenvalue weighted by atomic mass is 16.6. The largest absolute Gasteiger partial charge is 0.441 e. The Hall–Kier alpha value is -3.31. The molecule has 56 heavy (non-hydrogen) atoms. The Morgan fingerprint density at radius 1 is 0.661 bits per heavy atom. The van der Waals surface area contributed by atoms with E-state index < -0.39 is 54.9 Å². The Balaban J connectivity index is 1.24. The van der Waals surface area contributed by atoms with Gasteiger partial charge in [0.1, 0.15) is 30.5 Å². The number of benzene rings is 3. The third-order valence-corrected chi connectivity index (χ3v) is 11.4. The van der Waals surface area contributed by atoms with Crippen LogP contribution in [0.3, 0.4) is 0 Å². The molecular formula is C47H67NO8. The first-order valence-electron chi connectivity index (χ1n) is 21.4. The number of rotatable bonds is 26. The average molecular weight is 774 g/mol. The molecule has 5 rings (SSSR count). The fraction of sp³-hybridized carbons (Fsp3) is 0.596. The minimum Gasteiger partial charge on any atom is -0.441 e. The molecule has 3 aromatic rings. The van der Waals surface area contributed by atoms with E-state index in [-0.39, 0.29) is 19.8 Å². The lowest BCUT2D eigenvalue weighted by Crippen LogP contribution is -2.60. The Morgan fingerprint density at radius 3 is 1.70 bits per heavy atom. The van der Waals surface area contributed by atoms with Gasteiger partial charge in [0.15, 0.2) is 0 Å². The predicted molar refractivity (Wildman–Crippen MR) is 219 cm³/mol. The summed E-state index contributed by atoms with van der Waals surface area (Å²) >= 11 is 0. The molecule has 0 spiro atoms. The lowest BCUT2D eigenvalue weighted by Gasteiger charge is -2.44. The standard InChI is InChI=1S/C47H67NO8/c1-2-3-4-5-6-7-8-9-10-11-12-22-29-40(50)44-39(48(47(52)56-44)32-36-23-16-13-17-24-36)30-31-41-45(53-34-37-25-18-14-19-26-37)46(43(51)42(33-49)55-41)54-35-38-27-20-15-21-28-38/h13-21,23-28,39-46,49-51H,2-12,22,29-35H2,1H3/t39?,40-,41-,42?,43+,44+,45?,46-/m1/s1. The summed E-state index contributed by atoms with van der Waals surface area (Å²) in [5, 5.41) is 33.3. The van der Waals surface area contributed by atoms with Crippen LogP contribution in [-0.4, -0.2) is 81.7 Å². The van der Waals surface area contributed by atoms with Crippen LogP contribution in [0.5, 0.6) is 0 Å². The molecule has 9 nitrogen and oxygen atoms in total. The Morgan fingerprint density at radius 2 is 1.16 bits per heavy atom. The van der Waals surface area contributed by atoms with Gasteiger partial charge in [0.2, 0.25) is 0 Å². The third-order valence-electron chi connectivity index (χ3n) is 11.4. The summed E-state index contributed by atoms with van der Waals surface area (Å²) in [4.78, 5) is 15.2. The van der Waals surface area contributed by atoms with E-state index in [2.05, 4.69) is 6.92 Å². The Bertz CT molecular complexity index is 1480. The molecule has 3 N–H and O–H groups in total. The number of amides is 1. The van der Waals surface area contributed by atoms with Crippen LogP contribution in [0.2, 0.25) is 0 Å². The number of aliphatic hydroxyl groups is 3. The lowest BCUT2D eigenvalue weighted by molar-refractivity contribution is -0.259. The van der Waals surface area contributed by atoms with Crippen molar-refractivity contribution in [3.63, 3.8) is 0 Å². The number of hydrogen-bond acceptors (Lipinski definition) is 8. The van der Waals surface area contributed by atoms with Gasteiger partial charge >= 0.3 is 6.09 Å². The van der Waals surface area contributed by atoms with Gasteiger partial charge in [-0.05, 0) is 36.0 Å². The second-order valence-electron chi connectivity index (χ2n) is 15.8. The van der Waals surface area contributed by atoms with Crippen molar-refractivity contribution < 1.29 is 39.1 Å². The highest BCUT2D eigenvalue weighted by Crippen LogP contribution is 2.34. The van der Waals surface area contributed by atoms with Crippen LogP contribution in [0, 0.1) is 0 Å². The molecule has 2 heterocycles. The molecule has 9 heteroatoms. The van der Waals surface area contributed by atoms with Crippen molar-refractivity contribution in [2.24, 2.45) is 0 Å². The second kappa shape index (κ2) is 24.5. The summed E-state index contributed by atoms with van der Waals surface area (Å²) in [7, 11) is 0. The van der Waals surface area contributed by atoms with E-state index in [0.29, 0.717) is 25.8 Å². The topological polar surface area (TPSA) is 118 Å². The molecule has 0 saturated carbocycles. The molecular weight excluding hydrogens is 707 g/mol. The maximum Gasteiger partial charge on any atom is 0.410 e. The van der Waals surface area contributed by atoms with E-state index in [1.165, 1.54) is 57.8 Å². The summed E-state index contributed by atoms with van der Waals surface area (Å²) in [6, 6.07) is 29.0. The van der Waals surface area contributed by atoms with Gasteiger partial charge in [-0.25, -0.2) is 4.79 Å². The van der Waals surface area contributed by atoms with Crippen molar-refractivity contribution in [2.45, 2.75) is 172 Å². The van der Waals surface area contributed by atoms with Gasteiger partial charge in [0.25, 0.3) is 0 Å². The predicted octanol–water partition coefficient (Wildman–Crippen LogP) is 8.90. The van der Waals surface area contributed by atoms with Gasteiger partial charge < -0.3 is 34.3 Å². The molecule has 0 aromatic heterocycles. The molecule has 3 aromatic carbocycles. The first-order chi connectivity index (χ1) is 27.5. The summed E-state index contributed by atoms with van der Waals surface area (Å²) < 4.78 is 25.3. The van der Waals surface area contributed by atoms with Crippen LogP contribution in [0.1, 0.15) is 120 Å². The van der Waals surface area contributed by atoms with Crippen molar-refractivity contribution >= 4 is 6.09 Å². The summed E-state index contributed by atoms with van der Waals surface area (Å²) in [5.74, 6) is 0.